The summed E-state index contributed by atoms with van der Waals surface area (Å²) in [4.78, 5) is 17.2. The van der Waals surface area contributed by atoms with E-state index in [1.54, 1.807) is 0 Å². The molecule has 1 heterocycles. The molecule has 4 nitrogen and oxygen atoms in total. The second kappa shape index (κ2) is 5.35. The zero-order valence-electron chi connectivity index (χ0n) is 11.1. The van der Waals surface area contributed by atoms with Crippen LogP contribution in [0.4, 0.5) is 0 Å². The van der Waals surface area contributed by atoms with Crippen LogP contribution in [0.2, 0.25) is 0 Å². The Bertz CT molecular complexity index is 532. The van der Waals surface area contributed by atoms with E-state index in [-0.39, 0.29) is 12.5 Å². The molecule has 1 aliphatic heterocycles. The quantitative estimate of drug-likeness (QED) is 0.850. The fourth-order valence-electron chi connectivity index (χ4n) is 1.54. The van der Waals surface area contributed by atoms with Crippen molar-refractivity contribution < 1.29 is 14.4 Å². The lowest BCUT2D eigenvalue weighted by molar-refractivity contribution is -0.141. The number of hydrogen-bond acceptors (Lipinski definition) is 3. The van der Waals surface area contributed by atoms with Gasteiger partial charge in [0.15, 0.2) is 0 Å². The summed E-state index contributed by atoms with van der Waals surface area (Å²) in [7, 11) is 0. The summed E-state index contributed by atoms with van der Waals surface area (Å²) in [5, 5.41) is 0. The first-order valence-corrected chi connectivity index (χ1v) is 6.76. The molecule has 0 saturated heterocycles. The van der Waals surface area contributed by atoms with E-state index in [1.807, 2.05) is 45.0 Å². The molecule has 102 valence electrons. The van der Waals surface area contributed by atoms with Gasteiger partial charge in [0.2, 0.25) is 0 Å². The molecule has 0 aromatic heterocycles. The van der Waals surface area contributed by atoms with Gasteiger partial charge in [-0.3, -0.25) is 9.63 Å². The Morgan fingerprint density at radius 3 is 2.84 bits per heavy atom. The zero-order valence-corrected chi connectivity index (χ0v) is 12.7. The molecule has 19 heavy (non-hydrogen) atoms. The normalized spacial score (nSPS) is 14.2. The number of halogens is 1. The fraction of sp³-hybridized carbons (Fsp3) is 0.357. The standard InChI is InChI=1S/C14H16BrNO3/c1-14(2,3)19-16-13(17)10-6-9-7-11(15)4-5-12(9)18-8-10/h4-7H,8H2,1-3H3,(H,16,17). The molecular weight excluding hydrogens is 310 g/mol. The molecule has 1 aromatic rings. The smallest absolute Gasteiger partial charge is 0.274 e. The summed E-state index contributed by atoms with van der Waals surface area (Å²) in [6.45, 7) is 5.84. The van der Waals surface area contributed by atoms with Crippen LogP contribution in [-0.2, 0) is 9.63 Å². The Labute approximate surface area is 120 Å². The van der Waals surface area contributed by atoms with Crippen LogP contribution >= 0.6 is 15.9 Å². The van der Waals surface area contributed by atoms with E-state index < -0.39 is 5.60 Å². The van der Waals surface area contributed by atoms with Gasteiger partial charge in [-0.2, -0.15) is 0 Å². The van der Waals surface area contributed by atoms with E-state index in [9.17, 15) is 4.79 Å². The maximum Gasteiger partial charge on any atom is 0.274 e. The van der Waals surface area contributed by atoms with E-state index in [0.29, 0.717) is 5.57 Å². The van der Waals surface area contributed by atoms with Gasteiger partial charge in [-0.15, -0.1) is 0 Å². The summed E-state index contributed by atoms with van der Waals surface area (Å²) < 4.78 is 6.48. The van der Waals surface area contributed by atoms with Gasteiger partial charge in [0.05, 0.1) is 11.2 Å². The average molecular weight is 326 g/mol. The van der Waals surface area contributed by atoms with E-state index in [4.69, 9.17) is 9.57 Å². The lowest BCUT2D eigenvalue weighted by Gasteiger charge is -2.21. The summed E-state index contributed by atoms with van der Waals surface area (Å²) >= 11 is 3.39. The van der Waals surface area contributed by atoms with Gasteiger partial charge in [-0.05, 0) is 45.0 Å². The van der Waals surface area contributed by atoms with Crippen molar-refractivity contribution >= 4 is 27.9 Å². The monoisotopic (exact) mass is 325 g/mol. The first-order valence-electron chi connectivity index (χ1n) is 5.96. The fourth-order valence-corrected chi connectivity index (χ4v) is 1.92. The predicted molar refractivity (Wildman–Crippen MR) is 76.6 cm³/mol. The minimum Gasteiger partial charge on any atom is -0.488 e. The molecule has 0 fully saturated rings. The highest BCUT2D eigenvalue weighted by Crippen LogP contribution is 2.29. The van der Waals surface area contributed by atoms with Crippen LogP contribution in [0, 0.1) is 0 Å². The first-order chi connectivity index (χ1) is 8.85. The summed E-state index contributed by atoms with van der Waals surface area (Å²) in [6, 6.07) is 5.68. The third-order valence-corrected chi connectivity index (χ3v) is 2.92. The molecule has 0 bridgehead atoms. The van der Waals surface area contributed by atoms with Crippen LogP contribution in [0.15, 0.2) is 28.2 Å². The summed E-state index contributed by atoms with van der Waals surface area (Å²) in [5.41, 5.74) is 3.43. The number of hydroxylamine groups is 1. The SMILES string of the molecule is CC(C)(C)ONC(=O)C1=Cc2cc(Br)ccc2OC1. The number of fused-ring (bicyclic) bond motifs is 1. The number of benzene rings is 1. The maximum absolute atomic E-state index is 11.9. The Morgan fingerprint density at radius 1 is 1.42 bits per heavy atom. The third kappa shape index (κ3) is 3.81. The Kier molecular flexibility index (Phi) is 3.96. The van der Waals surface area contributed by atoms with Crippen LogP contribution < -0.4 is 10.2 Å². The second-order valence-corrected chi connectivity index (χ2v) is 6.20. The van der Waals surface area contributed by atoms with E-state index in [0.717, 1.165) is 15.8 Å². The Morgan fingerprint density at radius 2 is 2.16 bits per heavy atom. The van der Waals surface area contributed by atoms with Crippen molar-refractivity contribution in [2.75, 3.05) is 6.61 Å². The molecule has 1 aromatic carbocycles. The van der Waals surface area contributed by atoms with Crippen molar-refractivity contribution in [3.8, 4) is 5.75 Å². The van der Waals surface area contributed by atoms with E-state index in [1.165, 1.54) is 0 Å². The highest BCUT2D eigenvalue weighted by Gasteiger charge is 2.19. The summed E-state index contributed by atoms with van der Waals surface area (Å²) in [6.07, 6.45) is 1.81. The minimum atomic E-state index is -0.424. The van der Waals surface area contributed by atoms with Gasteiger partial charge in [-0.25, -0.2) is 5.48 Å². The molecule has 0 spiro atoms. The van der Waals surface area contributed by atoms with Crippen LogP contribution in [0.3, 0.4) is 0 Å². The third-order valence-electron chi connectivity index (χ3n) is 2.43. The molecular formula is C14H16BrNO3. The van der Waals surface area contributed by atoms with E-state index in [2.05, 4.69) is 21.4 Å². The van der Waals surface area contributed by atoms with Crippen molar-refractivity contribution in [1.82, 2.24) is 5.48 Å². The number of carbonyl (C=O) groups is 1. The lowest BCUT2D eigenvalue weighted by atomic mass is 10.1. The number of nitrogens with one attached hydrogen (secondary N) is 1. The van der Waals surface area contributed by atoms with Crippen LogP contribution in [0.5, 0.6) is 5.75 Å². The largest absolute Gasteiger partial charge is 0.488 e. The Balaban J connectivity index is 2.12. The lowest BCUT2D eigenvalue weighted by Crippen LogP contribution is -2.35. The van der Waals surface area contributed by atoms with Gasteiger partial charge >= 0.3 is 0 Å². The van der Waals surface area contributed by atoms with Gasteiger partial charge < -0.3 is 4.74 Å². The van der Waals surface area contributed by atoms with Crippen LogP contribution in [0.25, 0.3) is 6.08 Å². The number of amides is 1. The second-order valence-electron chi connectivity index (χ2n) is 5.29. The average Bonchev–Trinajstić information content (AvgIpc) is 2.34. The number of carbonyl (C=O) groups excluding carboxylic acids is 1. The van der Waals surface area contributed by atoms with Crippen LogP contribution in [-0.4, -0.2) is 18.1 Å². The molecule has 0 saturated carbocycles. The van der Waals surface area contributed by atoms with Gasteiger partial charge in [0.25, 0.3) is 5.91 Å². The molecule has 1 N–H and O–H groups in total. The predicted octanol–water partition coefficient (Wildman–Crippen LogP) is 3.07. The Hall–Kier alpha value is -1.33. The minimum absolute atomic E-state index is 0.244. The maximum atomic E-state index is 11.9. The van der Waals surface area contributed by atoms with Gasteiger partial charge in [-0.1, -0.05) is 15.9 Å². The van der Waals surface area contributed by atoms with Crippen molar-refractivity contribution in [2.45, 2.75) is 26.4 Å². The molecule has 1 aliphatic rings. The van der Waals surface area contributed by atoms with Crippen molar-refractivity contribution in [3.05, 3.63) is 33.8 Å². The number of ether oxygens (including phenoxy) is 1. The van der Waals surface area contributed by atoms with Gasteiger partial charge in [0, 0.05) is 10.0 Å². The number of rotatable bonds is 2. The first kappa shape index (κ1) is 14.1. The zero-order chi connectivity index (χ0) is 14.0. The highest BCUT2D eigenvalue weighted by molar-refractivity contribution is 9.10. The molecule has 0 unspecified atom stereocenters. The van der Waals surface area contributed by atoms with Crippen molar-refractivity contribution in [2.24, 2.45) is 0 Å². The van der Waals surface area contributed by atoms with E-state index >= 15 is 0 Å². The van der Waals surface area contributed by atoms with Crippen molar-refractivity contribution in [3.63, 3.8) is 0 Å². The molecule has 0 atom stereocenters. The summed E-state index contributed by atoms with van der Waals surface area (Å²) in [5.74, 6) is 0.497. The van der Waals surface area contributed by atoms with Crippen LogP contribution in [0.1, 0.15) is 26.3 Å². The molecule has 0 aliphatic carbocycles. The topological polar surface area (TPSA) is 47.6 Å². The molecule has 5 heteroatoms. The highest BCUT2D eigenvalue weighted by atomic mass is 79.9. The number of hydrogen-bond donors (Lipinski definition) is 1. The van der Waals surface area contributed by atoms with Gasteiger partial charge in [0.1, 0.15) is 12.4 Å². The molecule has 2 rings (SSSR count). The van der Waals surface area contributed by atoms with Crippen molar-refractivity contribution in [1.29, 1.82) is 0 Å². The molecule has 1 amide bonds. The molecule has 0 radical (unpaired) electrons.